The molecule has 0 radical (unpaired) electrons. The number of rotatable bonds is 6. The molecule has 3 N–H and O–H groups in total. The lowest BCUT2D eigenvalue weighted by Gasteiger charge is -2.14. The minimum atomic E-state index is -0.282. The molecule has 4 bridgehead atoms. The van der Waals surface area contributed by atoms with Crippen molar-refractivity contribution in [2.75, 3.05) is 20.3 Å². The standard InChI is InChI=1S/C28H30N6O4/c1-17-23(18(2)33-32-17)5-4-8-30-28(36)21-11-19-12-22(13-21)34-10-9-29-27(34)20-6-7-24(37-3)25(14-20)38-16-26(35)31-15-19/h6-7,9-14H,4-5,8,15-16H2,1-3H3,(H,30,36)(H,31,35)(H,32,33). The van der Waals surface area contributed by atoms with Crippen LogP contribution in [0.2, 0.25) is 0 Å². The molecule has 38 heavy (non-hydrogen) atoms. The van der Waals surface area contributed by atoms with E-state index >= 15 is 0 Å². The fraction of sp³-hybridized carbons (Fsp3) is 0.286. The van der Waals surface area contributed by atoms with Crippen LogP contribution in [0, 0.1) is 13.8 Å². The first-order chi connectivity index (χ1) is 18.4. The molecule has 0 unspecified atom stereocenters. The molecule has 0 aliphatic carbocycles. The predicted octanol–water partition coefficient (Wildman–Crippen LogP) is 3.26. The van der Waals surface area contributed by atoms with Crippen molar-refractivity contribution >= 4 is 11.8 Å². The second-order valence-electron chi connectivity index (χ2n) is 9.21. The molecule has 0 spiro atoms. The Kier molecular flexibility index (Phi) is 7.12. The van der Waals surface area contributed by atoms with Crippen LogP contribution in [-0.4, -0.2) is 51.8 Å². The van der Waals surface area contributed by atoms with E-state index in [2.05, 4.69) is 25.8 Å². The Morgan fingerprint density at radius 3 is 2.87 bits per heavy atom. The molecule has 10 nitrogen and oxygen atoms in total. The van der Waals surface area contributed by atoms with Gasteiger partial charge < -0.3 is 20.1 Å². The smallest absolute Gasteiger partial charge is 0.258 e. The van der Waals surface area contributed by atoms with Gasteiger partial charge in [-0.3, -0.25) is 19.3 Å². The number of hydrogen-bond donors (Lipinski definition) is 3. The van der Waals surface area contributed by atoms with Gasteiger partial charge in [0.25, 0.3) is 11.8 Å². The zero-order chi connectivity index (χ0) is 26.6. The van der Waals surface area contributed by atoms with Crippen LogP contribution in [0.1, 0.15) is 39.3 Å². The average Bonchev–Trinajstić information content (AvgIpc) is 3.54. The van der Waals surface area contributed by atoms with Crippen molar-refractivity contribution < 1.29 is 19.1 Å². The third-order valence-corrected chi connectivity index (χ3v) is 6.60. The SMILES string of the molecule is COc1ccc2cc1OCC(=O)NCc1cc(C(=O)NCCCc3c(C)n[nH]c3C)cc(c1)-n1ccnc1-2. The first-order valence-corrected chi connectivity index (χ1v) is 12.5. The summed E-state index contributed by atoms with van der Waals surface area (Å²) in [4.78, 5) is 30.2. The van der Waals surface area contributed by atoms with Crippen LogP contribution in [0.25, 0.3) is 17.1 Å². The molecule has 10 heteroatoms. The van der Waals surface area contributed by atoms with Gasteiger partial charge in [-0.15, -0.1) is 0 Å². The number of amides is 2. The number of hydrogen-bond acceptors (Lipinski definition) is 6. The summed E-state index contributed by atoms with van der Waals surface area (Å²) in [6.45, 7) is 4.59. The van der Waals surface area contributed by atoms with Crippen LogP contribution < -0.4 is 20.1 Å². The lowest BCUT2D eigenvalue weighted by molar-refractivity contribution is -0.123. The first-order valence-electron chi connectivity index (χ1n) is 12.5. The molecular formula is C28H30N6O4. The highest BCUT2D eigenvalue weighted by atomic mass is 16.5. The van der Waals surface area contributed by atoms with E-state index in [0.717, 1.165) is 41.0 Å². The molecule has 0 fully saturated rings. The van der Waals surface area contributed by atoms with E-state index in [1.165, 1.54) is 5.56 Å². The van der Waals surface area contributed by atoms with Gasteiger partial charge in [-0.1, -0.05) is 0 Å². The van der Waals surface area contributed by atoms with Gasteiger partial charge in [0.1, 0.15) is 5.82 Å². The summed E-state index contributed by atoms with van der Waals surface area (Å²) in [6, 6.07) is 11.0. The second-order valence-corrected chi connectivity index (χ2v) is 9.21. The fourth-order valence-electron chi connectivity index (χ4n) is 4.61. The number of imidazole rings is 1. The Bertz CT molecular complexity index is 1470. The molecule has 0 saturated carbocycles. The quantitative estimate of drug-likeness (QED) is 0.340. The van der Waals surface area contributed by atoms with Gasteiger partial charge in [0.2, 0.25) is 0 Å². The molecular weight excluding hydrogens is 484 g/mol. The number of fused-ring (bicyclic) bond motifs is 7. The van der Waals surface area contributed by atoms with Gasteiger partial charge in [0, 0.05) is 48.0 Å². The van der Waals surface area contributed by atoms with Crippen molar-refractivity contribution in [3.63, 3.8) is 0 Å². The molecule has 196 valence electrons. The molecule has 1 aliphatic heterocycles. The van der Waals surface area contributed by atoms with E-state index in [1.54, 1.807) is 31.5 Å². The van der Waals surface area contributed by atoms with Crippen LogP contribution >= 0.6 is 0 Å². The maximum absolute atomic E-state index is 13.2. The van der Waals surface area contributed by atoms with Gasteiger partial charge in [-0.25, -0.2) is 4.98 Å². The molecule has 2 aromatic carbocycles. The number of nitrogens with zero attached hydrogens (tertiary/aromatic N) is 3. The summed E-state index contributed by atoms with van der Waals surface area (Å²) in [5, 5.41) is 13.1. The van der Waals surface area contributed by atoms with Crippen molar-refractivity contribution in [1.82, 2.24) is 30.4 Å². The number of ether oxygens (including phenoxy) is 2. The Morgan fingerprint density at radius 1 is 1.21 bits per heavy atom. The molecule has 3 heterocycles. The molecule has 0 saturated heterocycles. The zero-order valence-electron chi connectivity index (χ0n) is 21.6. The highest BCUT2D eigenvalue weighted by Crippen LogP contribution is 2.33. The number of H-pyrrole nitrogens is 1. The normalized spacial score (nSPS) is 12.8. The number of carbonyl (C=O) groups excluding carboxylic acids is 2. The maximum Gasteiger partial charge on any atom is 0.258 e. The number of benzene rings is 2. The third-order valence-electron chi connectivity index (χ3n) is 6.60. The van der Waals surface area contributed by atoms with Gasteiger partial charge in [0.15, 0.2) is 18.1 Å². The number of aryl methyl sites for hydroxylation is 2. The second kappa shape index (κ2) is 10.8. The minimum Gasteiger partial charge on any atom is -0.493 e. The van der Waals surface area contributed by atoms with Crippen molar-refractivity contribution in [3.8, 4) is 28.6 Å². The number of aromatic amines is 1. The summed E-state index contributed by atoms with van der Waals surface area (Å²) in [6.07, 6.45) is 5.17. The van der Waals surface area contributed by atoms with Crippen molar-refractivity contribution in [2.45, 2.75) is 33.2 Å². The topological polar surface area (TPSA) is 123 Å². The number of aromatic nitrogens is 4. The van der Waals surface area contributed by atoms with E-state index in [0.29, 0.717) is 29.4 Å². The number of methoxy groups -OCH3 is 1. The van der Waals surface area contributed by atoms with Crippen molar-refractivity contribution in [2.24, 2.45) is 0 Å². The predicted molar refractivity (Wildman–Crippen MR) is 142 cm³/mol. The fourth-order valence-corrected chi connectivity index (χ4v) is 4.61. The van der Waals surface area contributed by atoms with Gasteiger partial charge in [0.05, 0.1) is 12.8 Å². The largest absolute Gasteiger partial charge is 0.493 e. The van der Waals surface area contributed by atoms with Crippen molar-refractivity contribution in [1.29, 1.82) is 0 Å². The minimum absolute atomic E-state index is 0.170. The van der Waals surface area contributed by atoms with E-state index in [-0.39, 0.29) is 25.0 Å². The van der Waals surface area contributed by atoms with Crippen LogP contribution in [0.4, 0.5) is 0 Å². The van der Waals surface area contributed by atoms with E-state index in [9.17, 15) is 9.59 Å². The zero-order valence-corrected chi connectivity index (χ0v) is 21.6. The molecule has 2 aromatic heterocycles. The lowest BCUT2D eigenvalue weighted by Crippen LogP contribution is -2.29. The summed E-state index contributed by atoms with van der Waals surface area (Å²) in [5.41, 5.74) is 6.07. The Morgan fingerprint density at radius 2 is 2.08 bits per heavy atom. The van der Waals surface area contributed by atoms with Gasteiger partial charge in [-0.05, 0) is 74.2 Å². The summed E-state index contributed by atoms with van der Waals surface area (Å²) < 4.78 is 13.1. The van der Waals surface area contributed by atoms with Crippen LogP contribution in [-0.2, 0) is 17.8 Å². The third kappa shape index (κ3) is 5.24. The number of nitrogens with one attached hydrogen (secondary N) is 3. The average molecular weight is 515 g/mol. The van der Waals surface area contributed by atoms with Crippen LogP contribution in [0.3, 0.4) is 0 Å². The van der Waals surface area contributed by atoms with Gasteiger partial charge in [-0.2, -0.15) is 5.10 Å². The highest BCUT2D eigenvalue weighted by Gasteiger charge is 2.17. The molecule has 4 aromatic rings. The summed E-state index contributed by atoms with van der Waals surface area (Å²) >= 11 is 0. The molecule has 1 aliphatic rings. The Balaban J connectivity index is 1.43. The molecule has 0 atom stereocenters. The molecule has 5 rings (SSSR count). The van der Waals surface area contributed by atoms with E-state index in [4.69, 9.17) is 9.47 Å². The van der Waals surface area contributed by atoms with Gasteiger partial charge >= 0.3 is 0 Å². The van der Waals surface area contributed by atoms with Crippen molar-refractivity contribution in [3.05, 3.63) is 76.9 Å². The monoisotopic (exact) mass is 514 g/mol. The highest BCUT2D eigenvalue weighted by molar-refractivity contribution is 5.95. The first kappa shape index (κ1) is 25.1. The van der Waals surface area contributed by atoms with Crippen LogP contribution in [0.15, 0.2) is 48.8 Å². The molecule has 2 amide bonds. The Hall–Kier alpha value is -4.60. The lowest BCUT2D eigenvalue weighted by atomic mass is 10.1. The van der Waals surface area contributed by atoms with E-state index < -0.39 is 0 Å². The van der Waals surface area contributed by atoms with E-state index in [1.807, 2.05) is 42.8 Å². The maximum atomic E-state index is 13.2. The summed E-state index contributed by atoms with van der Waals surface area (Å²) in [7, 11) is 1.55. The van der Waals surface area contributed by atoms with Crippen LogP contribution in [0.5, 0.6) is 11.5 Å². The number of carbonyl (C=O) groups is 2. The summed E-state index contributed by atoms with van der Waals surface area (Å²) in [5.74, 6) is 1.18. The Labute approximate surface area is 220 Å².